The Hall–Kier alpha value is -3.23. The third-order valence-corrected chi connectivity index (χ3v) is 5.27. The Balaban J connectivity index is 1.31. The van der Waals surface area contributed by atoms with E-state index in [1.165, 1.54) is 0 Å². The summed E-state index contributed by atoms with van der Waals surface area (Å²) in [6.07, 6.45) is 0. The molecule has 0 spiro atoms. The molecular formula is C23H27N5O3. The van der Waals surface area contributed by atoms with Crippen LogP contribution in [0.1, 0.15) is 0 Å². The molecule has 0 saturated carbocycles. The zero-order valence-electron chi connectivity index (χ0n) is 17.7. The molecular weight excluding hydrogens is 394 g/mol. The number of carbonyl (C=O) groups excluding carboxylic acids is 1. The molecule has 162 valence electrons. The van der Waals surface area contributed by atoms with E-state index in [1.54, 1.807) is 6.07 Å². The third-order valence-electron chi connectivity index (χ3n) is 5.27. The van der Waals surface area contributed by atoms with Crippen molar-refractivity contribution < 1.29 is 13.9 Å². The van der Waals surface area contributed by atoms with E-state index in [2.05, 4.69) is 32.4 Å². The van der Waals surface area contributed by atoms with E-state index in [9.17, 15) is 4.79 Å². The predicted octanol–water partition coefficient (Wildman–Crippen LogP) is 2.15. The maximum Gasteiger partial charge on any atom is 0.257 e. The second kappa shape index (κ2) is 10.2. The van der Waals surface area contributed by atoms with Gasteiger partial charge in [-0.3, -0.25) is 9.69 Å². The molecule has 1 N–H and O–H groups in total. The molecule has 0 unspecified atom stereocenters. The van der Waals surface area contributed by atoms with Gasteiger partial charge in [-0.25, -0.2) is 0 Å². The van der Waals surface area contributed by atoms with Crippen LogP contribution in [-0.4, -0.2) is 78.8 Å². The Morgan fingerprint density at radius 3 is 2.52 bits per heavy atom. The highest BCUT2D eigenvalue weighted by Gasteiger charge is 2.16. The summed E-state index contributed by atoms with van der Waals surface area (Å²) in [4.78, 5) is 16.9. The van der Waals surface area contributed by atoms with E-state index in [0.717, 1.165) is 38.3 Å². The van der Waals surface area contributed by atoms with E-state index in [-0.39, 0.29) is 12.5 Å². The molecule has 2 heterocycles. The van der Waals surface area contributed by atoms with Crippen molar-refractivity contribution in [3.8, 4) is 28.7 Å². The van der Waals surface area contributed by atoms with Crippen LogP contribution in [0, 0.1) is 0 Å². The first kappa shape index (κ1) is 21.0. The van der Waals surface area contributed by atoms with E-state index in [0.29, 0.717) is 29.6 Å². The van der Waals surface area contributed by atoms with Crippen LogP contribution in [0.2, 0.25) is 0 Å². The van der Waals surface area contributed by atoms with Gasteiger partial charge in [0.2, 0.25) is 5.89 Å². The molecule has 3 aromatic rings. The van der Waals surface area contributed by atoms with Crippen molar-refractivity contribution in [2.45, 2.75) is 0 Å². The van der Waals surface area contributed by atoms with Gasteiger partial charge in [-0.15, -0.1) is 10.2 Å². The van der Waals surface area contributed by atoms with Gasteiger partial charge < -0.3 is 19.4 Å². The quantitative estimate of drug-likeness (QED) is 0.597. The summed E-state index contributed by atoms with van der Waals surface area (Å²) < 4.78 is 11.6. The van der Waals surface area contributed by atoms with Gasteiger partial charge in [0.25, 0.3) is 11.8 Å². The van der Waals surface area contributed by atoms with Crippen LogP contribution in [-0.2, 0) is 4.79 Å². The maximum absolute atomic E-state index is 12.2. The van der Waals surface area contributed by atoms with Crippen molar-refractivity contribution in [3.05, 3.63) is 54.6 Å². The third kappa shape index (κ3) is 5.68. The summed E-state index contributed by atoms with van der Waals surface area (Å²) in [5, 5.41) is 11.2. The molecule has 8 nitrogen and oxygen atoms in total. The van der Waals surface area contributed by atoms with Gasteiger partial charge in [-0.05, 0) is 31.3 Å². The van der Waals surface area contributed by atoms with E-state index >= 15 is 0 Å². The number of nitrogens with one attached hydrogen (secondary N) is 1. The van der Waals surface area contributed by atoms with E-state index in [1.807, 2.05) is 48.5 Å². The summed E-state index contributed by atoms with van der Waals surface area (Å²) in [7, 11) is 2.13. The van der Waals surface area contributed by atoms with Crippen LogP contribution in [0.15, 0.2) is 59.0 Å². The molecule has 1 aromatic heterocycles. The normalized spacial score (nSPS) is 15.0. The summed E-state index contributed by atoms with van der Waals surface area (Å²) in [5.74, 6) is 1.16. The fraction of sp³-hybridized carbons (Fsp3) is 0.348. The fourth-order valence-electron chi connectivity index (χ4n) is 3.42. The number of amides is 1. The van der Waals surface area contributed by atoms with Crippen LogP contribution in [0.4, 0.5) is 0 Å². The Bertz CT molecular complexity index is 984. The van der Waals surface area contributed by atoms with E-state index in [4.69, 9.17) is 9.15 Å². The number of likely N-dealkylation sites (N-methyl/N-ethyl adjacent to an activating group) is 1. The molecule has 8 heteroatoms. The van der Waals surface area contributed by atoms with Crippen molar-refractivity contribution in [1.82, 2.24) is 25.3 Å². The van der Waals surface area contributed by atoms with Gasteiger partial charge >= 0.3 is 0 Å². The lowest BCUT2D eigenvalue weighted by molar-refractivity contribution is -0.123. The number of ether oxygens (including phenoxy) is 1. The zero-order chi connectivity index (χ0) is 21.5. The summed E-state index contributed by atoms with van der Waals surface area (Å²) in [5.41, 5.74) is 1.50. The monoisotopic (exact) mass is 421 g/mol. The largest absolute Gasteiger partial charge is 0.483 e. The van der Waals surface area contributed by atoms with Gasteiger partial charge in [-0.1, -0.05) is 30.3 Å². The van der Waals surface area contributed by atoms with Crippen molar-refractivity contribution in [3.63, 3.8) is 0 Å². The second-order valence-corrected chi connectivity index (χ2v) is 7.56. The average molecular weight is 422 g/mol. The molecule has 1 aliphatic heterocycles. The number of hydrogen-bond donors (Lipinski definition) is 1. The van der Waals surface area contributed by atoms with Crippen molar-refractivity contribution >= 4 is 5.91 Å². The highest BCUT2D eigenvalue weighted by molar-refractivity contribution is 5.78. The number of para-hydroxylation sites is 1. The Kier molecular flexibility index (Phi) is 6.91. The van der Waals surface area contributed by atoms with Crippen LogP contribution in [0.25, 0.3) is 22.9 Å². The minimum atomic E-state index is -0.153. The van der Waals surface area contributed by atoms with Gasteiger partial charge in [0.1, 0.15) is 5.75 Å². The summed E-state index contributed by atoms with van der Waals surface area (Å²) in [6, 6.07) is 16.9. The summed E-state index contributed by atoms with van der Waals surface area (Å²) in [6.45, 7) is 5.58. The molecule has 4 rings (SSSR count). The first-order chi connectivity index (χ1) is 15.2. The lowest BCUT2D eigenvalue weighted by Gasteiger charge is -2.32. The van der Waals surface area contributed by atoms with Crippen molar-refractivity contribution in [2.24, 2.45) is 0 Å². The van der Waals surface area contributed by atoms with Gasteiger partial charge in [0.05, 0.1) is 5.56 Å². The fourth-order valence-corrected chi connectivity index (χ4v) is 3.42. The lowest BCUT2D eigenvalue weighted by atomic mass is 10.2. The molecule has 0 bridgehead atoms. The molecule has 0 atom stereocenters. The second-order valence-electron chi connectivity index (χ2n) is 7.56. The van der Waals surface area contributed by atoms with Crippen LogP contribution >= 0.6 is 0 Å². The highest BCUT2D eigenvalue weighted by Crippen LogP contribution is 2.30. The minimum Gasteiger partial charge on any atom is -0.483 e. The molecule has 1 amide bonds. The molecule has 1 saturated heterocycles. The molecule has 2 aromatic carbocycles. The summed E-state index contributed by atoms with van der Waals surface area (Å²) >= 11 is 0. The molecule has 0 radical (unpaired) electrons. The number of nitrogens with zero attached hydrogens (tertiary/aromatic N) is 4. The average Bonchev–Trinajstić information content (AvgIpc) is 3.30. The number of aromatic nitrogens is 2. The number of hydrogen-bond acceptors (Lipinski definition) is 7. The SMILES string of the molecule is CN1CCN(CCNC(=O)COc2ccccc2-c2nnc(-c3ccccc3)o2)CC1. The molecule has 1 fully saturated rings. The Morgan fingerprint density at radius 1 is 1.00 bits per heavy atom. The zero-order valence-corrected chi connectivity index (χ0v) is 17.7. The maximum atomic E-state index is 12.2. The van der Waals surface area contributed by atoms with Crippen LogP contribution < -0.4 is 10.1 Å². The van der Waals surface area contributed by atoms with Crippen molar-refractivity contribution in [2.75, 3.05) is 52.9 Å². The molecule has 0 aliphatic carbocycles. The highest BCUT2D eigenvalue weighted by atomic mass is 16.5. The Morgan fingerprint density at radius 2 is 1.71 bits per heavy atom. The molecule has 1 aliphatic rings. The van der Waals surface area contributed by atoms with Gasteiger partial charge in [0.15, 0.2) is 6.61 Å². The first-order valence-corrected chi connectivity index (χ1v) is 10.5. The van der Waals surface area contributed by atoms with Gasteiger partial charge in [0, 0.05) is 44.8 Å². The number of piperazine rings is 1. The van der Waals surface area contributed by atoms with E-state index < -0.39 is 0 Å². The minimum absolute atomic E-state index is 0.0700. The van der Waals surface area contributed by atoms with Crippen LogP contribution in [0.3, 0.4) is 0 Å². The smallest absolute Gasteiger partial charge is 0.257 e. The molecule has 31 heavy (non-hydrogen) atoms. The predicted molar refractivity (Wildman–Crippen MR) is 118 cm³/mol. The number of benzene rings is 2. The standard InChI is InChI=1S/C23H27N5O3/c1-27-13-15-28(16-14-27)12-11-24-21(29)17-30-20-10-6-5-9-19(20)23-26-25-22(31-23)18-7-3-2-4-8-18/h2-10H,11-17H2,1H3,(H,24,29). The Labute approximate surface area is 181 Å². The van der Waals surface area contributed by atoms with Crippen LogP contribution in [0.5, 0.6) is 5.75 Å². The number of carbonyl (C=O) groups is 1. The first-order valence-electron chi connectivity index (χ1n) is 10.5. The van der Waals surface area contributed by atoms with Crippen molar-refractivity contribution in [1.29, 1.82) is 0 Å². The lowest BCUT2D eigenvalue weighted by Crippen LogP contribution is -2.47. The topological polar surface area (TPSA) is 83.7 Å². The van der Waals surface area contributed by atoms with Gasteiger partial charge in [-0.2, -0.15) is 0 Å². The number of rotatable bonds is 8.